The average Bonchev–Trinajstić information content (AvgIpc) is 2.53. The summed E-state index contributed by atoms with van der Waals surface area (Å²) in [7, 11) is 0. The Morgan fingerprint density at radius 2 is 2.06 bits per heavy atom. The topological polar surface area (TPSA) is 29.5 Å². The summed E-state index contributed by atoms with van der Waals surface area (Å²) in [6.45, 7) is 8.23. The molecular weight excluding hydrogens is 236 g/mol. The van der Waals surface area contributed by atoms with Crippen molar-refractivity contribution >= 4 is 11.6 Å². The first kappa shape index (κ1) is 12.7. The zero-order chi connectivity index (χ0) is 12.8. The van der Waals surface area contributed by atoms with Crippen LogP contribution in [0.25, 0.3) is 0 Å². The largest absolute Gasteiger partial charge is 0.486 e. The average molecular weight is 255 g/mol. The van der Waals surface area contributed by atoms with E-state index in [-0.39, 0.29) is 17.6 Å². The lowest BCUT2D eigenvalue weighted by Gasteiger charge is -2.23. The maximum absolute atomic E-state index is 9.42. The zero-order valence-corrected chi connectivity index (χ0v) is 11.6. The summed E-state index contributed by atoms with van der Waals surface area (Å²) in [5.41, 5.74) is 1.74. The van der Waals surface area contributed by atoms with Crippen LogP contribution in [0.4, 0.5) is 0 Å². The Hall–Kier alpha value is -0.730. The Labute approximate surface area is 108 Å². The van der Waals surface area contributed by atoms with E-state index in [1.807, 2.05) is 19.9 Å². The Morgan fingerprint density at radius 3 is 2.65 bits per heavy atom. The quantitative estimate of drug-likeness (QED) is 0.877. The fourth-order valence-corrected chi connectivity index (χ4v) is 2.43. The Kier molecular flexibility index (Phi) is 2.91. The van der Waals surface area contributed by atoms with E-state index in [2.05, 4.69) is 19.9 Å². The number of aliphatic hydroxyl groups excluding tert-OH is 1. The summed E-state index contributed by atoms with van der Waals surface area (Å²) < 4.78 is 5.83. The van der Waals surface area contributed by atoms with Crippen molar-refractivity contribution in [2.24, 2.45) is 0 Å². The number of hydrogen-bond donors (Lipinski definition) is 1. The highest BCUT2D eigenvalue weighted by molar-refractivity contribution is 6.32. The second kappa shape index (κ2) is 3.89. The van der Waals surface area contributed by atoms with Crippen molar-refractivity contribution in [3.05, 3.63) is 28.3 Å². The lowest BCUT2D eigenvalue weighted by Crippen LogP contribution is -2.24. The van der Waals surface area contributed by atoms with Gasteiger partial charge >= 0.3 is 0 Å². The highest BCUT2D eigenvalue weighted by atomic mass is 35.5. The van der Waals surface area contributed by atoms with Gasteiger partial charge in [-0.15, -0.1) is 0 Å². The van der Waals surface area contributed by atoms with E-state index < -0.39 is 0 Å². The molecular formula is C14H19ClO2. The van der Waals surface area contributed by atoms with Crippen molar-refractivity contribution in [3.8, 4) is 5.75 Å². The van der Waals surface area contributed by atoms with Crippen LogP contribution >= 0.6 is 11.6 Å². The van der Waals surface area contributed by atoms with Crippen molar-refractivity contribution in [1.29, 1.82) is 0 Å². The van der Waals surface area contributed by atoms with Crippen molar-refractivity contribution in [2.75, 3.05) is 6.61 Å². The van der Waals surface area contributed by atoms with Crippen molar-refractivity contribution in [1.82, 2.24) is 0 Å². The highest BCUT2D eigenvalue weighted by Crippen LogP contribution is 2.42. The molecule has 0 atom stereocenters. The minimum atomic E-state index is -0.272. The van der Waals surface area contributed by atoms with Gasteiger partial charge in [-0.2, -0.15) is 0 Å². The lowest BCUT2D eigenvalue weighted by atomic mass is 9.84. The van der Waals surface area contributed by atoms with Gasteiger partial charge in [0.2, 0.25) is 0 Å². The Bertz CT molecular complexity index is 450. The number of halogens is 1. The van der Waals surface area contributed by atoms with Gasteiger partial charge in [0.05, 0.1) is 11.6 Å². The molecule has 1 aliphatic rings. The van der Waals surface area contributed by atoms with Gasteiger partial charge < -0.3 is 9.84 Å². The first-order valence-electron chi connectivity index (χ1n) is 5.88. The molecule has 17 heavy (non-hydrogen) atoms. The summed E-state index contributed by atoms with van der Waals surface area (Å²) in [4.78, 5) is 0. The van der Waals surface area contributed by atoms with Crippen LogP contribution in [0.1, 0.15) is 38.8 Å². The maximum atomic E-state index is 9.42. The third-order valence-electron chi connectivity index (χ3n) is 3.29. The molecule has 0 saturated heterocycles. The van der Waals surface area contributed by atoms with Gasteiger partial charge in [0.1, 0.15) is 11.4 Å². The molecule has 0 fully saturated rings. The number of hydrogen-bond acceptors (Lipinski definition) is 2. The van der Waals surface area contributed by atoms with Crippen LogP contribution in [-0.4, -0.2) is 17.3 Å². The van der Waals surface area contributed by atoms with E-state index in [0.717, 1.165) is 23.3 Å². The van der Waals surface area contributed by atoms with E-state index in [1.165, 1.54) is 0 Å². The van der Waals surface area contributed by atoms with Crippen LogP contribution in [0.3, 0.4) is 0 Å². The van der Waals surface area contributed by atoms with E-state index >= 15 is 0 Å². The maximum Gasteiger partial charge on any atom is 0.142 e. The zero-order valence-electron chi connectivity index (χ0n) is 10.8. The van der Waals surface area contributed by atoms with Gasteiger partial charge in [-0.1, -0.05) is 31.5 Å². The molecule has 1 aliphatic heterocycles. The normalized spacial score (nSPS) is 17.8. The molecule has 0 bridgehead atoms. The predicted molar refractivity (Wildman–Crippen MR) is 70.0 cm³/mol. The first-order chi connectivity index (χ1) is 7.75. The third kappa shape index (κ3) is 2.29. The molecule has 0 saturated carbocycles. The minimum Gasteiger partial charge on any atom is -0.486 e. The minimum absolute atomic E-state index is 0.104. The van der Waals surface area contributed by atoms with Gasteiger partial charge in [-0.3, -0.25) is 0 Å². The molecule has 0 aliphatic carbocycles. The Morgan fingerprint density at radius 1 is 1.41 bits per heavy atom. The molecule has 0 amide bonds. The van der Waals surface area contributed by atoms with E-state index in [9.17, 15) is 5.11 Å². The molecule has 1 N–H and O–H groups in total. The molecule has 0 unspecified atom stereocenters. The van der Waals surface area contributed by atoms with Crippen LogP contribution < -0.4 is 4.74 Å². The number of rotatable bonds is 2. The first-order valence-corrected chi connectivity index (χ1v) is 6.26. The Balaban J connectivity index is 2.48. The standard InChI is InChI=1S/C14H19ClO2/c1-13(2,8-16)10-5-9-7-14(3,4)17-12(9)11(15)6-10/h5-6,16H,7-8H2,1-4H3. The molecule has 1 aromatic carbocycles. The second-order valence-electron chi connectivity index (χ2n) is 6.03. The van der Waals surface area contributed by atoms with Gasteiger partial charge in [0, 0.05) is 11.8 Å². The SMILES string of the molecule is CC1(C)Cc2cc(C(C)(C)CO)cc(Cl)c2O1. The molecule has 0 aromatic heterocycles. The van der Waals surface area contributed by atoms with E-state index in [4.69, 9.17) is 16.3 Å². The predicted octanol–water partition coefficient (Wildman–Crippen LogP) is 3.32. The van der Waals surface area contributed by atoms with Gasteiger partial charge in [0.25, 0.3) is 0 Å². The second-order valence-corrected chi connectivity index (χ2v) is 6.43. The smallest absolute Gasteiger partial charge is 0.142 e. The number of fused-ring (bicyclic) bond motifs is 1. The summed E-state index contributed by atoms with van der Waals surface area (Å²) in [6.07, 6.45) is 0.859. The molecule has 1 aromatic rings. The molecule has 94 valence electrons. The summed E-state index contributed by atoms with van der Waals surface area (Å²) in [6, 6.07) is 4.00. The van der Waals surface area contributed by atoms with Crippen LogP contribution in [0.2, 0.25) is 5.02 Å². The van der Waals surface area contributed by atoms with Crippen LogP contribution in [-0.2, 0) is 11.8 Å². The molecule has 2 nitrogen and oxygen atoms in total. The highest BCUT2D eigenvalue weighted by Gasteiger charge is 2.33. The molecule has 3 heteroatoms. The van der Waals surface area contributed by atoms with Crippen molar-refractivity contribution in [3.63, 3.8) is 0 Å². The molecule has 1 heterocycles. The van der Waals surface area contributed by atoms with E-state index in [0.29, 0.717) is 5.02 Å². The molecule has 0 spiro atoms. The van der Waals surface area contributed by atoms with Gasteiger partial charge in [-0.05, 0) is 31.0 Å². The monoisotopic (exact) mass is 254 g/mol. The van der Waals surface area contributed by atoms with Crippen molar-refractivity contribution < 1.29 is 9.84 Å². The molecule has 0 radical (unpaired) electrons. The number of aliphatic hydroxyl groups is 1. The van der Waals surface area contributed by atoms with Gasteiger partial charge in [0.15, 0.2) is 0 Å². The van der Waals surface area contributed by atoms with Gasteiger partial charge in [-0.25, -0.2) is 0 Å². The van der Waals surface area contributed by atoms with Crippen LogP contribution in [0.15, 0.2) is 12.1 Å². The van der Waals surface area contributed by atoms with E-state index in [1.54, 1.807) is 0 Å². The third-order valence-corrected chi connectivity index (χ3v) is 3.57. The summed E-state index contributed by atoms with van der Waals surface area (Å²) in [5, 5.41) is 10.1. The summed E-state index contributed by atoms with van der Waals surface area (Å²) in [5.74, 6) is 0.800. The fourth-order valence-electron chi connectivity index (χ4n) is 2.15. The van der Waals surface area contributed by atoms with Crippen LogP contribution in [0.5, 0.6) is 5.75 Å². The summed E-state index contributed by atoms with van der Waals surface area (Å²) >= 11 is 6.26. The lowest BCUT2D eigenvalue weighted by molar-refractivity contribution is 0.138. The molecule has 2 rings (SSSR count). The van der Waals surface area contributed by atoms with Crippen LogP contribution in [0, 0.1) is 0 Å². The van der Waals surface area contributed by atoms with Crippen molar-refractivity contribution in [2.45, 2.75) is 45.1 Å². The fraction of sp³-hybridized carbons (Fsp3) is 0.571. The number of ether oxygens (including phenoxy) is 1. The number of benzene rings is 1.